The highest BCUT2D eigenvalue weighted by Gasteiger charge is 2.35. The average Bonchev–Trinajstić information content (AvgIpc) is 3.39. The summed E-state index contributed by atoms with van der Waals surface area (Å²) in [6, 6.07) is 14.9. The Morgan fingerprint density at radius 1 is 1.12 bits per heavy atom. The third-order valence-electron chi connectivity index (χ3n) is 6.33. The summed E-state index contributed by atoms with van der Waals surface area (Å²) in [5.41, 5.74) is 4.41. The zero-order valence-electron chi connectivity index (χ0n) is 18.5. The minimum Gasteiger partial charge on any atom is -0.481 e. The molecule has 1 saturated heterocycles. The smallest absolute Gasteiger partial charge is 0.407 e. The number of alkyl carbamates (subject to hydrolysis) is 1. The first-order valence-corrected chi connectivity index (χ1v) is 12.5. The molecule has 1 aliphatic heterocycles. The van der Waals surface area contributed by atoms with E-state index >= 15 is 0 Å². The molecule has 2 aliphatic rings. The Balaban J connectivity index is 1.43. The number of aliphatic carboxylic acids is 1. The Morgan fingerprint density at radius 3 is 2.36 bits per heavy atom. The lowest BCUT2D eigenvalue weighted by atomic mass is 9.98. The first kappa shape index (κ1) is 23.2. The fourth-order valence-electron chi connectivity index (χ4n) is 4.85. The van der Waals surface area contributed by atoms with Crippen molar-refractivity contribution in [2.75, 3.05) is 25.2 Å². The molecule has 1 aliphatic carbocycles. The number of fused-ring (bicyclic) bond motifs is 3. The fraction of sp³-hybridized carbons (Fsp3) is 0.400. The summed E-state index contributed by atoms with van der Waals surface area (Å²) in [7, 11) is 0. The van der Waals surface area contributed by atoms with E-state index in [1.165, 1.54) is 0 Å². The number of hydrogen-bond acceptors (Lipinski definition) is 5. The average molecular weight is 469 g/mol. The predicted molar refractivity (Wildman–Crippen MR) is 127 cm³/mol. The van der Waals surface area contributed by atoms with Crippen molar-refractivity contribution in [3.8, 4) is 11.1 Å². The molecule has 2 amide bonds. The van der Waals surface area contributed by atoms with Crippen LogP contribution in [0.2, 0.25) is 0 Å². The van der Waals surface area contributed by atoms with Crippen molar-refractivity contribution in [3.05, 3.63) is 59.7 Å². The van der Waals surface area contributed by atoms with Crippen LogP contribution in [0, 0.1) is 0 Å². The van der Waals surface area contributed by atoms with E-state index in [1.54, 1.807) is 16.7 Å². The van der Waals surface area contributed by atoms with Crippen molar-refractivity contribution in [3.63, 3.8) is 0 Å². The van der Waals surface area contributed by atoms with Gasteiger partial charge in [-0.1, -0.05) is 48.5 Å². The van der Waals surface area contributed by atoms with Gasteiger partial charge in [-0.25, -0.2) is 4.79 Å². The van der Waals surface area contributed by atoms with Gasteiger partial charge in [-0.15, -0.1) is 0 Å². The summed E-state index contributed by atoms with van der Waals surface area (Å²) >= 11 is 1.65. The summed E-state index contributed by atoms with van der Waals surface area (Å²) in [6.07, 6.45) is 2.48. The van der Waals surface area contributed by atoms with Gasteiger partial charge in [0.1, 0.15) is 12.6 Å². The molecule has 33 heavy (non-hydrogen) atoms. The molecule has 0 spiro atoms. The van der Waals surface area contributed by atoms with Crippen molar-refractivity contribution in [1.29, 1.82) is 0 Å². The van der Waals surface area contributed by atoms with E-state index in [0.717, 1.165) is 40.8 Å². The maximum atomic E-state index is 13.1. The summed E-state index contributed by atoms with van der Waals surface area (Å²) in [5, 5.41) is 11.8. The number of carboxylic acid groups (broad SMARTS) is 1. The van der Waals surface area contributed by atoms with E-state index in [-0.39, 0.29) is 24.5 Å². The number of carbonyl (C=O) groups is 3. The number of benzene rings is 2. The third-order valence-corrected chi connectivity index (χ3v) is 7.05. The van der Waals surface area contributed by atoms with Crippen LogP contribution in [-0.2, 0) is 14.3 Å². The second-order valence-electron chi connectivity index (χ2n) is 8.40. The summed E-state index contributed by atoms with van der Waals surface area (Å²) in [4.78, 5) is 38.8. The molecule has 2 N–H and O–H groups in total. The van der Waals surface area contributed by atoms with Crippen LogP contribution in [0.4, 0.5) is 4.79 Å². The van der Waals surface area contributed by atoms with Gasteiger partial charge < -0.3 is 20.1 Å². The molecule has 0 bridgehead atoms. The number of rotatable bonds is 8. The molecule has 4 rings (SSSR count). The first-order valence-electron chi connectivity index (χ1n) is 11.1. The van der Waals surface area contributed by atoms with Crippen LogP contribution in [0.5, 0.6) is 0 Å². The lowest BCUT2D eigenvalue weighted by Crippen LogP contribution is -2.51. The first-order chi connectivity index (χ1) is 16.0. The third kappa shape index (κ3) is 5.00. The van der Waals surface area contributed by atoms with Crippen LogP contribution in [0.25, 0.3) is 11.1 Å². The molecule has 0 aromatic heterocycles. The Bertz CT molecular complexity index is 997. The lowest BCUT2D eigenvalue weighted by molar-refractivity contribution is -0.142. The van der Waals surface area contributed by atoms with Gasteiger partial charge in [0, 0.05) is 24.3 Å². The minimum absolute atomic E-state index is 0.0631. The van der Waals surface area contributed by atoms with Crippen molar-refractivity contribution < 1.29 is 24.2 Å². The van der Waals surface area contributed by atoms with Crippen LogP contribution in [0.1, 0.15) is 36.3 Å². The Hall–Kier alpha value is -3.00. The van der Waals surface area contributed by atoms with E-state index in [4.69, 9.17) is 4.74 Å². The molecule has 174 valence electrons. The largest absolute Gasteiger partial charge is 0.481 e. The highest BCUT2D eigenvalue weighted by atomic mass is 32.2. The molecule has 2 unspecified atom stereocenters. The van der Waals surface area contributed by atoms with Crippen molar-refractivity contribution in [1.82, 2.24) is 10.2 Å². The molecular weight excluding hydrogens is 440 g/mol. The minimum atomic E-state index is -1.15. The second-order valence-corrected chi connectivity index (χ2v) is 9.31. The molecule has 7 nitrogen and oxygen atoms in total. The summed E-state index contributed by atoms with van der Waals surface area (Å²) in [5.74, 6) is -0.826. The van der Waals surface area contributed by atoms with Crippen molar-refractivity contribution in [2.24, 2.45) is 0 Å². The van der Waals surface area contributed by atoms with E-state index in [9.17, 15) is 19.5 Å². The number of nitrogens with zero attached hydrogens (tertiary/aromatic N) is 1. The maximum Gasteiger partial charge on any atom is 0.407 e. The second kappa shape index (κ2) is 10.3. The number of carboxylic acids is 1. The number of likely N-dealkylation sites (tertiary alicyclic amines) is 1. The van der Waals surface area contributed by atoms with Gasteiger partial charge >= 0.3 is 12.1 Å². The number of amides is 2. The van der Waals surface area contributed by atoms with E-state index < -0.39 is 24.5 Å². The quantitative estimate of drug-likeness (QED) is 0.613. The Kier molecular flexibility index (Phi) is 7.23. The van der Waals surface area contributed by atoms with Gasteiger partial charge in [-0.05, 0) is 41.4 Å². The molecule has 2 aromatic carbocycles. The Morgan fingerprint density at radius 2 is 1.76 bits per heavy atom. The van der Waals surface area contributed by atoms with E-state index in [0.29, 0.717) is 6.54 Å². The van der Waals surface area contributed by atoms with Crippen LogP contribution in [0.3, 0.4) is 0 Å². The zero-order chi connectivity index (χ0) is 23.4. The van der Waals surface area contributed by atoms with Gasteiger partial charge in [-0.2, -0.15) is 11.8 Å². The lowest BCUT2D eigenvalue weighted by Gasteiger charge is -2.28. The monoisotopic (exact) mass is 468 g/mol. The van der Waals surface area contributed by atoms with E-state index in [2.05, 4.69) is 17.4 Å². The SMILES string of the molecule is CSCC1CCCN1C(=O)C(CC(=O)O)NC(=O)OCC1c2ccccc2-c2ccccc21. The molecule has 0 radical (unpaired) electrons. The number of ether oxygens (including phenoxy) is 1. The molecule has 1 fully saturated rings. The maximum absolute atomic E-state index is 13.1. The highest BCUT2D eigenvalue weighted by Crippen LogP contribution is 2.44. The number of nitrogens with one attached hydrogen (secondary N) is 1. The van der Waals surface area contributed by atoms with Crippen molar-refractivity contribution >= 4 is 29.7 Å². The molecular formula is C25H28N2O5S. The van der Waals surface area contributed by atoms with Gasteiger partial charge in [0.2, 0.25) is 5.91 Å². The topological polar surface area (TPSA) is 95.9 Å². The summed E-state index contributed by atoms with van der Waals surface area (Å²) in [6.45, 7) is 0.680. The number of thioether (sulfide) groups is 1. The molecule has 2 aromatic rings. The number of hydrogen-bond donors (Lipinski definition) is 2. The molecule has 2 atom stereocenters. The van der Waals surface area contributed by atoms with Gasteiger partial charge in [0.25, 0.3) is 0 Å². The molecule has 1 heterocycles. The standard InChI is InChI=1S/C25H28N2O5S/c1-33-15-16-7-6-12-27(16)24(30)22(13-23(28)29)26-25(31)32-14-21-19-10-4-2-8-17(19)18-9-3-5-11-20(18)21/h2-5,8-11,16,21-22H,6-7,12-15H2,1H3,(H,26,31)(H,28,29). The van der Waals surface area contributed by atoms with Gasteiger partial charge in [0.05, 0.1) is 6.42 Å². The van der Waals surface area contributed by atoms with Crippen LogP contribution < -0.4 is 5.32 Å². The van der Waals surface area contributed by atoms with E-state index in [1.807, 2.05) is 42.7 Å². The van der Waals surface area contributed by atoms with Crippen molar-refractivity contribution in [2.45, 2.75) is 37.3 Å². The Labute approximate surface area is 197 Å². The number of carbonyl (C=O) groups excluding carboxylic acids is 2. The van der Waals surface area contributed by atoms with Gasteiger partial charge in [0.15, 0.2) is 0 Å². The molecule has 0 saturated carbocycles. The fourth-order valence-corrected chi connectivity index (χ4v) is 5.58. The highest BCUT2D eigenvalue weighted by molar-refractivity contribution is 7.98. The van der Waals surface area contributed by atoms with Crippen LogP contribution in [-0.4, -0.2) is 65.2 Å². The normalized spacial score (nSPS) is 17.8. The van der Waals surface area contributed by atoms with Gasteiger partial charge in [-0.3, -0.25) is 9.59 Å². The summed E-state index contributed by atoms with van der Waals surface area (Å²) < 4.78 is 5.52. The van der Waals surface area contributed by atoms with Crippen LogP contribution >= 0.6 is 11.8 Å². The van der Waals surface area contributed by atoms with Crippen LogP contribution in [0.15, 0.2) is 48.5 Å². The predicted octanol–water partition coefficient (Wildman–Crippen LogP) is 3.72. The zero-order valence-corrected chi connectivity index (χ0v) is 19.3. The molecule has 8 heteroatoms.